The SMILES string of the molecule is CC(OC(=O)c1cnn(C)c1)C(=O)Nc1cccc2c1C(=O)c1ccccc1C2=O. The number of esters is 1. The summed E-state index contributed by atoms with van der Waals surface area (Å²) in [5, 5.41) is 6.49. The first-order valence-corrected chi connectivity index (χ1v) is 9.18. The van der Waals surface area contributed by atoms with E-state index in [0.717, 1.165) is 0 Å². The van der Waals surface area contributed by atoms with Crippen molar-refractivity contribution < 1.29 is 23.9 Å². The fourth-order valence-electron chi connectivity index (χ4n) is 3.29. The van der Waals surface area contributed by atoms with E-state index in [-0.39, 0.29) is 39.5 Å². The molecule has 2 aromatic carbocycles. The van der Waals surface area contributed by atoms with Crippen LogP contribution in [-0.4, -0.2) is 39.3 Å². The van der Waals surface area contributed by atoms with Gasteiger partial charge in [0.05, 0.1) is 23.0 Å². The maximum Gasteiger partial charge on any atom is 0.342 e. The number of ketones is 2. The van der Waals surface area contributed by atoms with Gasteiger partial charge in [0.25, 0.3) is 5.91 Å². The van der Waals surface area contributed by atoms with E-state index in [1.165, 1.54) is 30.1 Å². The minimum Gasteiger partial charge on any atom is -0.449 e. The molecule has 1 atom stereocenters. The Balaban J connectivity index is 1.57. The van der Waals surface area contributed by atoms with Crippen LogP contribution in [0, 0.1) is 0 Å². The van der Waals surface area contributed by atoms with E-state index in [0.29, 0.717) is 5.56 Å². The van der Waals surface area contributed by atoms with Crippen molar-refractivity contribution in [1.29, 1.82) is 0 Å². The minimum absolute atomic E-state index is 0.125. The number of anilines is 1. The normalized spacial score (nSPS) is 13.3. The summed E-state index contributed by atoms with van der Waals surface area (Å²) in [6.07, 6.45) is 1.68. The molecule has 0 saturated carbocycles. The molecule has 1 amide bonds. The van der Waals surface area contributed by atoms with Crippen molar-refractivity contribution in [2.24, 2.45) is 7.05 Å². The summed E-state index contributed by atoms with van der Waals surface area (Å²) in [6.45, 7) is 1.42. The fourth-order valence-corrected chi connectivity index (χ4v) is 3.29. The van der Waals surface area contributed by atoms with Crippen LogP contribution >= 0.6 is 0 Å². The third-order valence-corrected chi connectivity index (χ3v) is 4.80. The Morgan fingerprint density at radius 2 is 1.67 bits per heavy atom. The average Bonchev–Trinajstić information content (AvgIpc) is 3.18. The summed E-state index contributed by atoms with van der Waals surface area (Å²) in [5.74, 6) is -1.95. The van der Waals surface area contributed by atoms with Gasteiger partial charge in [0, 0.05) is 29.9 Å². The molecule has 150 valence electrons. The summed E-state index contributed by atoms with van der Waals surface area (Å²) in [5.41, 5.74) is 1.36. The first-order valence-electron chi connectivity index (χ1n) is 9.18. The molecule has 3 aromatic rings. The number of aryl methyl sites for hydroxylation is 1. The number of nitrogens with zero attached hydrogens (tertiary/aromatic N) is 2. The van der Waals surface area contributed by atoms with Gasteiger partial charge in [0.15, 0.2) is 17.7 Å². The maximum atomic E-state index is 13.0. The van der Waals surface area contributed by atoms with Gasteiger partial charge in [-0.3, -0.25) is 19.1 Å². The lowest BCUT2D eigenvalue weighted by Gasteiger charge is -2.21. The molecule has 0 bridgehead atoms. The van der Waals surface area contributed by atoms with Crippen LogP contribution in [-0.2, 0) is 16.6 Å². The average molecular weight is 403 g/mol. The summed E-state index contributed by atoms with van der Waals surface area (Å²) < 4.78 is 6.62. The Morgan fingerprint density at radius 3 is 2.33 bits per heavy atom. The van der Waals surface area contributed by atoms with Crippen LogP contribution in [0.25, 0.3) is 0 Å². The van der Waals surface area contributed by atoms with E-state index in [2.05, 4.69) is 10.4 Å². The zero-order chi connectivity index (χ0) is 21.4. The molecule has 1 unspecified atom stereocenters. The smallest absolute Gasteiger partial charge is 0.342 e. The zero-order valence-electron chi connectivity index (χ0n) is 16.2. The molecule has 0 saturated heterocycles. The number of nitrogens with one attached hydrogen (secondary N) is 1. The number of hydrogen-bond donors (Lipinski definition) is 1. The second-order valence-electron chi connectivity index (χ2n) is 6.87. The number of hydrogen-bond acceptors (Lipinski definition) is 6. The lowest BCUT2D eigenvalue weighted by molar-refractivity contribution is -0.123. The van der Waals surface area contributed by atoms with Gasteiger partial charge in [-0.1, -0.05) is 36.4 Å². The summed E-state index contributed by atoms with van der Waals surface area (Å²) in [7, 11) is 1.65. The van der Waals surface area contributed by atoms with Gasteiger partial charge in [0.1, 0.15) is 0 Å². The molecule has 0 radical (unpaired) electrons. The molecule has 0 aliphatic heterocycles. The molecule has 1 heterocycles. The van der Waals surface area contributed by atoms with Gasteiger partial charge in [-0.25, -0.2) is 4.79 Å². The van der Waals surface area contributed by atoms with Crippen molar-refractivity contribution in [3.63, 3.8) is 0 Å². The molecule has 8 heteroatoms. The van der Waals surface area contributed by atoms with E-state index in [9.17, 15) is 19.2 Å². The van der Waals surface area contributed by atoms with Crippen LogP contribution < -0.4 is 5.32 Å². The number of aromatic nitrogens is 2. The Hall–Kier alpha value is -4.07. The summed E-state index contributed by atoms with van der Waals surface area (Å²) >= 11 is 0. The number of rotatable bonds is 4. The highest BCUT2D eigenvalue weighted by Gasteiger charge is 2.32. The molecule has 0 spiro atoms. The van der Waals surface area contributed by atoms with Crippen molar-refractivity contribution in [3.8, 4) is 0 Å². The van der Waals surface area contributed by atoms with Gasteiger partial charge in [-0.15, -0.1) is 0 Å². The number of carbonyl (C=O) groups is 4. The quantitative estimate of drug-likeness (QED) is 0.524. The van der Waals surface area contributed by atoms with Crippen molar-refractivity contribution in [2.75, 3.05) is 5.32 Å². The molecule has 8 nitrogen and oxygen atoms in total. The lowest BCUT2D eigenvalue weighted by Crippen LogP contribution is -2.31. The van der Waals surface area contributed by atoms with E-state index in [4.69, 9.17) is 4.74 Å². The summed E-state index contributed by atoms with van der Waals surface area (Å²) in [4.78, 5) is 50.5. The van der Waals surface area contributed by atoms with Crippen LogP contribution in [0.3, 0.4) is 0 Å². The van der Waals surface area contributed by atoms with Crippen LogP contribution in [0.1, 0.15) is 49.1 Å². The maximum absolute atomic E-state index is 13.0. The predicted molar refractivity (Wildman–Crippen MR) is 106 cm³/mol. The van der Waals surface area contributed by atoms with Gasteiger partial charge in [-0.2, -0.15) is 5.10 Å². The van der Waals surface area contributed by atoms with E-state index < -0.39 is 18.0 Å². The largest absolute Gasteiger partial charge is 0.449 e. The number of ether oxygens (including phenoxy) is 1. The highest BCUT2D eigenvalue weighted by atomic mass is 16.5. The van der Waals surface area contributed by atoms with E-state index >= 15 is 0 Å². The molecular formula is C22H17N3O5. The Bertz CT molecular complexity index is 1210. The lowest BCUT2D eigenvalue weighted by atomic mass is 9.83. The summed E-state index contributed by atoms with van der Waals surface area (Å²) in [6, 6.07) is 11.2. The Kier molecular flexibility index (Phi) is 4.75. The topological polar surface area (TPSA) is 107 Å². The molecule has 1 aliphatic rings. The Morgan fingerprint density at radius 1 is 1.00 bits per heavy atom. The molecule has 0 fully saturated rings. The highest BCUT2D eigenvalue weighted by molar-refractivity contribution is 6.30. The zero-order valence-corrected chi connectivity index (χ0v) is 16.2. The number of benzene rings is 2. The number of carbonyl (C=O) groups excluding carboxylic acids is 4. The third kappa shape index (κ3) is 3.28. The van der Waals surface area contributed by atoms with E-state index in [1.807, 2.05) is 0 Å². The van der Waals surface area contributed by atoms with Crippen molar-refractivity contribution in [3.05, 3.63) is 82.7 Å². The molecule has 1 aliphatic carbocycles. The van der Waals surface area contributed by atoms with Crippen molar-refractivity contribution >= 4 is 29.1 Å². The fraction of sp³-hybridized carbons (Fsp3) is 0.136. The van der Waals surface area contributed by atoms with Crippen LogP contribution in [0.15, 0.2) is 54.9 Å². The van der Waals surface area contributed by atoms with Crippen LogP contribution in [0.4, 0.5) is 5.69 Å². The molecule has 1 aromatic heterocycles. The first kappa shape index (κ1) is 19.3. The van der Waals surface area contributed by atoms with Crippen LogP contribution in [0.5, 0.6) is 0 Å². The second kappa shape index (κ2) is 7.40. The monoisotopic (exact) mass is 403 g/mol. The van der Waals surface area contributed by atoms with Crippen molar-refractivity contribution in [2.45, 2.75) is 13.0 Å². The molecule has 1 N–H and O–H groups in total. The highest BCUT2D eigenvalue weighted by Crippen LogP contribution is 2.32. The molecule has 4 rings (SSSR count). The number of fused-ring (bicyclic) bond motifs is 2. The van der Waals surface area contributed by atoms with Crippen molar-refractivity contribution in [1.82, 2.24) is 9.78 Å². The van der Waals surface area contributed by atoms with Crippen LogP contribution in [0.2, 0.25) is 0 Å². The van der Waals surface area contributed by atoms with Gasteiger partial charge in [-0.05, 0) is 13.0 Å². The third-order valence-electron chi connectivity index (χ3n) is 4.80. The van der Waals surface area contributed by atoms with Gasteiger partial charge >= 0.3 is 5.97 Å². The van der Waals surface area contributed by atoms with Gasteiger partial charge < -0.3 is 10.1 Å². The standard InChI is InChI=1S/C22H17N3O5/c1-12(30-22(29)13-10-23-25(2)11-13)21(28)24-17-9-5-8-16-18(17)20(27)15-7-4-3-6-14(15)19(16)26/h3-12H,1-2H3,(H,24,28). The van der Waals surface area contributed by atoms with Gasteiger partial charge in [0.2, 0.25) is 0 Å². The Labute approximate surface area is 171 Å². The minimum atomic E-state index is -1.13. The first-order chi connectivity index (χ1) is 14.4. The van der Waals surface area contributed by atoms with E-state index in [1.54, 1.807) is 43.4 Å². The molecular weight excluding hydrogens is 386 g/mol. The molecule has 30 heavy (non-hydrogen) atoms. The second-order valence-corrected chi connectivity index (χ2v) is 6.87. The predicted octanol–water partition coefficient (Wildman–Crippen LogP) is 2.38. The number of amides is 1.